The van der Waals surface area contributed by atoms with E-state index in [-0.39, 0.29) is 17.4 Å². The van der Waals surface area contributed by atoms with E-state index >= 15 is 0 Å². The van der Waals surface area contributed by atoms with Crippen molar-refractivity contribution in [3.05, 3.63) is 70.8 Å². The van der Waals surface area contributed by atoms with Crippen LogP contribution in [-0.4, -0.2) is 17.0 Å². The van der Waals surface area contributed by atoms with Gasteiger partial charge in [-0.2, -0.15) is 0 Å². The third kappa shape index (κ3) is 4.95. The number of carbonyl (C=O) groups is 2. The summed E-state index contributed by atoms with van der Waals surface area (Å²) in [6.45, 7) is 4.34. The number of hydrogen-bond acceptors (Lipinski definition) is 2. The summed E-state index contributed by atoms with van der Waals surface area (Å²) in [6.07, 6.45) is 0.698. The fourth-order valence-corrected chi connectivity index (χ4v) is 2.30. The number of rotatable bonds is 6. The number of nitrogens with one attached hydrogen (secondary N) is 1. The van der Waals surface area contributed by atoms with Crippen molar-refractivity contribution < 1.29 is 14.7 Å². The zero-order valence-corrected chi connectivity index (χ0v) is 13.4. The molecular formula is C19H21NO3. The number of hydrogen-bond donors (Lipinski definition) is 2. The van der Waals surface area contributed by atoms with Crippen molar-refractivity contribution in [3.8, 4) is 0 Å². The summed E-state index contributed by atoms with van der Waals surface area (Å²) in [4.78, 5) is 23.0. The first kappa shape index (κ1) is 16.7. The van der Waals surface area contributed by atoms with Gasteiger partial charge in [0.2, 0.25) is 5.91 Å². The minimum absolute atomic E-state index is 0.00659. The van der Waals surface area contributed by atoms with Crippen molar-refractivity contribution in [3.63, 3.8) is 0 Å². The highest BCUT2D eigenvalue weighted by atomic mass is 16.4. The molecule has 0 saturated heterocycles. The lowest BCUT2D eigenvalue weighted by atomic mass is 9.99. The van der Waals surface area contributed by atoms with E-state index in [1.807, 2.05) is 38.1 Å². The first-order chi connectivity index (χ1) is 11.0. The fraction of sp³-hybridized carbons (Fsp3) is 0.263. The molecule has 0 spiro atoms. The van der Waals surface area contributed by atoms with Crippen LogP contribution in [0.2, 0.25) is 0 Å². The van der Waals surface area contributed by atoms with E-state index in [9.17, 15) is 9.59 Å². The Labute approximate surface area is 136 Å². The number of carbonyl (C=O) groups excluding carboxylic acids is 1. The van der Waals surface area contributed by atoms with Gasteiger partial charge in [-0.3, -0.25) is 4.79 Å². The number of amides is 1. The molecule has 0 aliphatic rings. The average molecular weight is 311 g/mol. The summed E-state index contributed by atoms with van der Waals surface area (Å²) in [5.41, 5.74) is 3.47. The molecule has 1 amide bonds. The molecular weight excluding hydrogens is 290 g/mol. The van der Waals surface area contributed by atoms with Crippen LogP contribution in [0.4, 0.5) is 0 Å². The number of carboxylic acid groups (broad SMARTS) is 1. The highest BCUT2D eigenvalue weighted by molar-refractivity contribution is 5.87. The molecule has 1 atom stereocenters. The number of aromatic carboxylic acids is 1. The smallest absolute Gasteiger partial charge is 0.335 e. The number of aryl methyl sites for hydroxylation is 1. The first-order valence-corrected chi connectivity index (χ1v) is 7.61. The predicted molar refractivity (Wildman–Crippen MR) is 89.3 cm³/mol. The van der Waals surface area contributed by atoms with Gasteiger partial charge in [0, 0.05) is 12.5 Å². The summed E-state index contributed by atoms with van der Waals surface area (Å²) in [5, 5.41) is 11.7. The summed E-state index contributed by atoms with van der Waals surface area (Å²) in [5.74, 6) is -1.07. The van der Waals surface area contributed by atoms with Crippen LogP contribution in [0.5, 0.6) is 0 Å². The number of benzene rings is 2. The Kier molecular flexibility index (Phi) is 5.52. The summed E-state index contributed by atoms with van der Waals surface area (Å²) in [6, 6.07) is 14.7. The van der Waals surface area contributed by atoms with Gasteiger partial charge in [-0.25, -0.2) is 4.79 Å². The van der Waals surface area contributed by atoms with Gasteiger partial charge < -0.3 is 10.4 Å². The SMILES string of the molecule is Cc1ccc(CC(C)C(=O)NCc2ccc(C(=O)O)cc2)cc1. The summed E-state index contributed by atoms with van der Waals surface area (Å²) < 4.78 is 0. The molecule has 23 heavy (non-hydrogen) atoms. The average Bonchev–Trinajstić information content (AvgIpc) is 2.55. The van der Waals surface area contributed by atoms with Crippen molar-refractivity contribution in [2.24, 2.45) is 5.92 Å². The van der Waals surface area contributed by atoms with Gasteiger partial charge in [-0.15, -0.1) is 0 Å². The highest BCUT2D eigenvalue weighted by Gasteiger charge is 2.13. The van der Waals surface area contributed by atoms with Crippen LogP contribution in [0.15, 0.2) is 48.5 Å². The Morgan fingerprint density at radius 3 is 2.13 bits per heavy atom. The second-order valence-electron chi connectivity index (χ2n) is 5.81. The molecule has 0 fully saturated rings. The van der Waals surface area contributed by atoms with E-state index < -0.39 is 5.97 Å². The molecule has 120 valence electrons. The first-order valence-electron chi connectivity index (χ1n) is 7.61. The van der Waals surface area contributed by atoms with Gasteiger partial charge in [0.25, 0.3) is 0 Å². The topological polar surface area (TPSA) is 66.4 Å². The van der Waals surface area contributed by atoms with Crippen molar-refractivity contribution in [2.45, 2.75) is 26.8 Å². The Bertz CT molecular complexity index is 675. The maximum Gasteiger partial charge on any atom is 0.335 e. The Balaban J connectivity index is 1.86. The van der Waals surface area contributed by atoms with Gasteiger partial charge in [0.15, 0.2) is 0 Å². The summed E-state index contributed by atoms with van der Waals surface area (Å²) >= 11 is 0. The minimum atomic E-state index is -0.952. The zero-order chi connectivity index (χ0) is 16.8. The Morgan fingerprint density at radius 2 is 1.57 bits per heavy atom. The predicted octanol–water partition coefficient (Wildman–Crippen LogP) is 3.19. The standard InChI is InChI=1S/C19H21NO3/c1-13-3-5-15(6-4-13)11-14(2)18(21)20-12-16-7-9-17(10-8-16)19(22)23/h3-10,14H,11-12H2,1-2H3,(H,20,21)(H,22,23). The molecule has 0 aliphatic carbocycles. The molecule has 2 aromatic rings. The van der Waals surface area contributed by atoms with E-state index in [1.54, 1.807) is 24.3 Å². The van der Waals surface area contributed by atoms with Gasteiger partial charge in [0.05, 0.1) is 5.56 Å². The van der Waals surface area contributed by atoms with Gasteiger partial charge in [-0.1, -0.05) is 48.9 Å². The largest absolute Gasteiger partial charge is 0.478 e. The van der Waals surface area contributed by atoms with Crippen molar-refractivity contribution in [1.82, 2.24) is 5.32 Å². The van der Waals surface area contributed by atoms with Crippen LogP contribution in [0.3, 0.4) is 0 Å². The van der Waals surface area contributed by atoms with Crippen LogP contribution >= 0.6 is 0 Å². The maximum absolute atomic E-state index is 12.2. The molecule has 2 rings (SSSR count). The Morgan fingerprint density at radius 1 is 1.00 bits per heavy atom. The van der Waals surface area contributed by atoms with Crippen LogP contribution in [0.1, 0.15) is 34.0 Å². The molecule has 4 heteroatoms. The lowest BCUT2D eigenvalue weighted by molar-refractivity contribution is -0.124. The fourth-order valence-electron chi connectivity index (χ4n) is 2.30. The maximum atomic E-state index is 12.2. The molecule has 0 aliphatic heterocycles. The Hall–Kier alpha value is -2.62. The molecule has 0 saturated carbocycles. The zero-order valence-electron chi connectivity index (χ0n) is 13.4. The van der Waals surface area contributed by atoms with Gasteiger partial charge in [-0.05, 0) is 36.6 Å². The summed E-state index contributed by atoms with van der Waals surface area (Å²) in [7, 11) is 0. The van der Waals surface area contributed by atoms with Crippen LogP contribution < -0.4 is 5.32 Å². The van der Waals surface area contributed by atoms with Crippen molar-refractivity contribution in [1.29, 1.82) is 0 Å². The third-order valence-corrected chi connectivity index (χ3v) is 3.78. The lowest BCUT2D eigenvalue weighted by Crippen LogP contribution is -2.29. The van der Waals surface area contributed by atoms with Crippen LogP contribution in [-0.2, 0) is 17.8 Å². The van der Waals surface area contributed by atoms with Gasteiger partial charge in [0.1, 0.15) is 0 Å². The van der Waals surface area contributed by atoms with E-state index in [0.29, 0.717) is 13.0 Å². The van der Waals surface area contributed by atoms with E-state index in [0.717, 1.165) is 11.1 Å². The second-order valence-corrected chi connectivity index (χ2v) is 5.81. The van der Waals surface area contributed by atoms with Gasteiger partial charge >= 0.3 is 5.97 Å². The highest BCUT2D eigenvalue weighted by Crippen LogP contribution is 2.11. The molecule has 4 nitrogen and oxygen atoms in total. The molecule has 0 heterocycles. The third-order valence-electron chi connectivity index (χ3n) is 3.78. The van der Waals surface area contributed by atoms with Crippen molar-refractivity contribution in [2.75, 3.05) is 0 Å². The van der Waals surface area contributed by atoms with Crippen LogP contribution in [0, 0.1) is 12.8 Å². The molecule has 1 unspecified atom stereocenters. The van der Waals surface area contributed by atoms with Crippen molar-refractivity contribution >= 4 is 11.9 Å². The minimum Gasteiger partial charge on any atom is -0.478 e. The molecule has 0 radical (unpaired) electrons. The molecule has 2 aromatic carbocycles. The molecule has 0 bridgehead atoms. The quantitative estimate of drug-likeness (QED) is 0.861. The van der Waals surface area contributed by atoms with E-state index in [2.05, 4.69) is 5.32 Å². The number of carboxylic acids is 1. The molecule has 2 N–H and O–H groups in total. The molecule has 0 aromatic heterocycles. The van der Waals surface area contributed by atoms with E-state index in [4.69, 9.17) is 5.11 Å². The van der Waals surface area contributed by atoms with Crippen LogP contribution in [0.25, 0.3) is 0 Å². The normalized spacial score (nSPS) is 11.7. The lowest BCUT2D eigenvalue weighted by Gasteiger charge is -2.12. The van der Waals surface area contributed by atoms with E-state index in [1.165, 1.54) is 5.56 Å². The monoisotopic (exact) mass is 311 g/mol. The second kappa shape index (κ2) is 7.58.